The van der Waals surface area contributed by atoms with E-state index in [0.717, 1.165) is 44.8 Å². The Bertz CT molecular complexity index is 212. The van der Waals surface area contributed by atoms with Crippen LogP contribution in [0.1, 0.15) is 39.0 Å². The number of fused-ring (bicyclic) bond motifs is 1. The number of ketones is 1. The highest BCUT2D eigenvalue weighted by atomic mass is 16.5. The van der Waals surface area contributed by atoms with Crippen LogP contribution in [-0.2, 0) is 9.53 Å². The predicted octanol–water partition coefficient (Wildman–Crippen LogP) is 2.17. The van der Waals surface area contributed by atoms with E-state index in [1.807, 2.05) is 0 Å². The highest BCUT2D eigenvalue weighted by molar-refractivity contribution is 5.79. The normalized spacial score (nSPS) is 35.9. The smallest absolute Gasteiger partial charge is 0.133 e. The lowest BCUT2D eigenvalue weighted by Gasteiger charge is -2.08. The molecule has 13 heavy (non-hydrogen) atoms. The fourth-order valence-corrected chi connectivity index (χ4v) is 2.37. The van der Waals surface area contributed by atoms with Gasteiger partial charge in [0.25, 0.3) is 0 Å². The molecule has 1 saturated heterocycles. The summed E-state index contributed by atoms with van der Waals surface area (Å²) >= 11 is 0. The van der Waals surface area contributed by atoms with Crippen molar-refractivity contribution in [2.24, 2.45) is 11.3 Å². The summed E-state index contributed by atoms with van der Waals surface area (Å²) in [5, 5.41) is 0. The molecule has 0 N–H and O–H groups in total. The summed E-state index contributed by atoms with van der Waals surface area (Å²) in [6.45, 7) is 3.88. The van der Waals surface area contributed by atoms with Crippen molar-refractivity contribution in [3.8, 4) is 0 Å². The van der Waals surface area contributed by atoms with Gasteiger partial charge in [-0.25, -0.2) is 0 Å². The van der Waals surface area contributed by atoms with Crippen LogP contribution in [0.25, 0.3) is 0 Å². The van der Waals surface area contributed by atoms with Crippen molar-refractivity contribution in [1.29, 1.82) is 0 Å². The van der Waals surface area contributed by atoms with Crippen molar-refractivity contribution in [3.05, 3.63) is 0 Å². The van der Waals surface area contributed by atoms with Crippen LogP contribution in [-0.4, -0.2) is 19.0 Å². The van der Waals surface area contributed by atoms with Crippen molar-refractivity contribution in [1.82, 2.24) is 0 Å². The Hall–Kier alpha value is -0.370. The summed E-state index contributed by atoms with van der Waals surface area (Å²) < 4.78 is 5.36. The largest absolute Gasteiger partial charge is 0.381 e. The Morgan fingerprint density at radius 1 is 1.62 bits per heavy atom. The predicted molar refractivity (Wildman–Crippen MR) is 50.5 cm³/mol. The molecule has 0 spiro atoms. The average molecular weight is 182 g/mol. The Morgan fingerprint density at radius 2 is 2.46 bits per heavy atom. The monoisotopic (exact) mass is 182 g/mol. The van der Waals surface area contributed by atoms with E-state index >= 15 is 0 Å². The molecule has 0 radical (unpaired) electrons. The van der Waals surface area contributed by atoms with Gasteiger partial charge >= 0.3 is 0 Å². The third kappa shape index (κ3) is 1.78. The fourth-order valence-electron chi connectivity index (χ4n) is 2.37. The highest BCUT2D eigenvalue weighted by Gasteiger charge is 2.58. The molecule has 1 aliphatic carbocycles. The molecule has 2 unspecified atom stereocenters. The van der Waals surface area contributed by atoms with Crippen LogP contribution >= 0.6 is 0 Å². The van der Waals surface area contributed by atoms with Crippen molar-refractivity contribution < 1.29 is 9.53 Å². The molecule has 2 aliphatic rings. The maximum absolute atomic E-state index is 11.5. The van der Waals surface area contributed by atoms with E-state index in [9.17, 15) is 4.79 Å². The van der Waals surface area contributed by atoms with Crippen LogP contribution in [0.3, 0.4) is 0 Å². The van der Waals surface area contributed by atoms with Gasteiger partial charge in [0, 0.05) is 18.3 Å². The molecule has 2 fully saturated rings. The topological polar surface area (TPSA) is 26.3 Å². The van der Waals surface area contributed by atoms with Crippen molar-refractivity contribution in [3.63, 3.8) is 0 Å². The van der Waals surface area contributed by atoms with Gasteiger partial charge in [-0.2, -0.15) is 0 Å². The zero-order valence-electron chi connectivity index (χ0n) is 8.34. The Morgan fingerprint density at radius 3 is 3.00 bits per heavy atom. The van der Waals surface area contributed by atoms with Crippen LogP contribution < -0.4 is 0 Å². The number of ether oxygens (including phenoxy) is 1. The van der Waals surface area contributed by atoms with Gasteiger partial charge in [-0.3, -0.25) is 4.79 Å². The van der Waals surface area contributed by atoms with Gasteiger partial charge in [0.1, 0.15) is 5.78 Å². The van der Waals surface area contributed by atoms with Crippen molar-refractivity contribution >= 4 is 5.78 Å². The first-order valence-electron chi connectivity index (χ1n) is 5.36. The summed E-state index contributed by atoms with van der Waals surface area (Å²) in [5.74, 6) is 1.17. The Kier molecular flexibility index (Phi) is 2.41. The first-order chi connectivity index (χ1) is 6.27. The van der Waals surface area contributed by atoms with Gasteiger partial charge in [0.05, 0.1) is 13.2 Å². The van der Waals surface area contributed by atoms with E-state index in [2.05, 4.69) is 6.92 Å². The van der Waals surface area contributed by atoms with E-state index in [0.29, 0.717) is 11.2 Å². The number of unbranched alkanes of at least 4 members (excludes halogenated alkanes) is 1. The quantitative estimate of drug-likeness (QED) is 0.651. The number of carbonyl (C=O) groups is 1. The maximum Gasteiger partial charge on any atom is 0.133 e. The lowest BCUT2D eigenvalue weighted by Crippen LogP contribution is -2.12. The van der Waals surface area contributed by atoms with Crippen LogP contribution in [0.15, 0.2) is 0 Å². The molecule has 1 aliphatic heterocycles. The van der Waals surface area contributed by atoms with E-state index in [1.54, 1.807) is 0 Å². The second-order valence-corrected chi connectivity index (χ2v) is 4.60. The maximum atomic E-state index is 11.5. The molecular formula is C11H18O2. The van der Waals surface area contributed by atoms with Gasteiger partial charge in [-0.15, -0.1) is 0 Å². The zero-order valence-corrected chi connectivity index (χ0v) is 8.34. The lowest BCUT2D eigenvalue weighted by atomic mass is 9.96. The molecule has 1 saturated carbocycles. The van der Waals surface area contributed by atoms with Gasteiger partial charge in [0.15, 0.2) is 0 Å². The molecule has 2 heteroatoms. The SMILES string of the molecule is CCCCC(=O)CC12COCC1C2. The number of carbonyl (C=O) groups excluding carboxylic acids is 1. The van der Waals surface area contributed by atoms with E-state index < -0.39 is 0 Å². The molecule has 2 atom stereocenters. The molecule has 2 rings (SSSR count). The minimum Gasteiger partial charge on any atom is -0.381 e. The van der Waals surface area contributed by atoms with Crippen LogP contribution in [0, 0.1) is 11.3 Å². The van der Waals surface area contributed by atoms with Gasteiger partial charge < -0.3 is 4.74 Å². The molecule has 0 bridgehead atoms. The minimum atomic E-state index is 0.310. The number of rotatable bonds is 5. The first kappa shape index (κ1) is 9.20. The molecule has 2 nitrogen and oxygen atoms in total. The average Bonchev–Trinajstić information content (AvgIpc) is 2.64. The number of hydrogen-bond donors (Lipinski definition) is 0. The summed E-state index contributed by atoms with van der Waals surface area (Å²) in [7, 11) is 0. The molecule has 0 amide bonds. The highest BCUT2D eigenvalue weighted by Crippen LogP contribution is 2.59. The van der Waals surface area contributed by atoms with Crippen LogP contribution in [0.2, 0.25) is 0 Å². The third-order valence-electron chi connectivity index (χ3n) is 3.43. The van der Waals surface area contributed by atoms with Crippen LogP contribution in [0.5, 0.6) is 0 Å². The van der Waals surface area contributed by atoms with Gasteiger partial charge in [-0.05, 0) is 18.8 Å². The fraction of sp³-hybridized carbons (Fsp3) is 0.909. The third-order valence-corrected chi connectivity index (χ3v) is 3.43. The number of hydrogen-bond acceptors (Lipinski definition) is 2. The second-order valence-electron chi connectivity index (χ2n) is 4.60. The minimum absolute atomic E-state index is 0.310. The Labute approximate surface area is 79.7 Å². The Balaban J connectivity index is 1.75. The van der Waals surface area contributed by atoms with Crippen LogP contribution in [0.4, 0.5) is 0 Å². The summed E-state index contributed by atoms with van der Waals surface area (Å²) in [4.78, 5) is 11.5. The molecular weight excluding hydrogens is 164 g/mol. The summed E-state index contributed by atoms with van der Waals surface area (Å²) in [5.41, 5.74) is 0.310. The number of Topliss-reactive ketones (excluding diaryl/α,β-unsaturated/α-hetero) is 1. The van der Waals surface area contributed by atoms with E-state index in [1.165, 1.54) is 6.42 Å². The second kappa shape index (κ2) is 3.41. The molecule has 1 heterocycles. The molecule has 0 aromatic carbocycles. The first-order valence-corrected chi connectivity index (χ1v) is 5.36. The molecule has 74 valence electrons. The standard InChI is InChI=1S/C11H18O2/c1-2-3-4-10(12)6-11-5-9(11)7-13-8-11/h9H,2-8H2,1H3. The zero-order chi connectivity index (χ0) is 9.31. The van der Waals surface area contributed by atoms with E-state index in [-0.39, 0.29) is 0 Å². The van der Waals surface area contributed by atoms with Gasteiger partial charge in [-0.1, -0.05) is 13.3 Å². The molecule has 0 aromatic rings. The molecule has 0 aromatic heterocycles. The lowest BCUT2D eigenvalue weighted by molar-refractivity contribution is -0.120. The van der Waals surface area contributed by atoms with Crippen molar-refractivity contribution in [2.45, 2.75) is 39.0 Å². The van der Waals surface area contributed by atoms with Gasteiger partial charge in [0.2, 0.25) is 0 Å². The van der Waals surface area contributed by atoms with E-state index in [4.69, 9.17) is 4.74 Å². The summed E-state index contributed by atoms with van der Waals surface area (Å²) in [6, 6.07) is 0. The summed E-state index contributed by atoms with van der Waals surface area (Å²) in [6.07, 6.45) is 4.99. The van der Waals surface area contributed by atoms with Crippen molar-refractivity contribution in [2.75, 3.05) is 13.2 Å².